The highest BCUT2D eigenvalue weighted by molar-refractivity contribution is 5.96. The van der Waals surface area contributed by atoms with E-state index >= 15 is 0 Å². The van der Waals surface area contributed by atoms with Gasteiger partial charge in [-0.2, -0.15) is 26.3 Å². The molecule has 156 valence electrons. The minimum atomic E-state index is -4.58. The molecule has 0 heterocycles. The Hall–Kier alpha value is -3.04. The first kappa shape index (κ1) is 22.3. The van der Waals surface area contributed by atoms with Crippen molar-refractivity contribution in [1.29, 1.82) is 0 Å². The molecule has 0 spiro atoms. The minimum Gasteiger partial charge on any atom is -0.467 e. The lowest BCUT2D eigenvalue weighted by Crippen LogP contribution is -2.43. The quantitative estimate of drug-likeness (QED) is 0.583. The van der Waals surface area contributed by atoms with Gasteiger partial charge in [0.2, 0.25) is 0 Å². The van der Waals surface area contributed by atoms with Crippen molar-refractivity contribution in [3.63, 3.8) is 0 Å². The van der Waals surface area contributed by atoms with Gasteiger partial charge in [-0.25, -0.2) is 4.79 Å². The van der Waals surface area contributed by atoms with E-state index in [1.54, 1.807) is 0 Å². The summed E-state index contributed by atoms with van der Waals surface area (Å²) in [6.07, 6.45) is -9.46. The molecule has 1 atom stereocenters. The maximum absolute atomic E-state index is 12.8. The van der Waals surface area contributed by atoms with Crippen molar-refractivity contribution in [3.8, 4) is 0 Å². The van der Waals surface area contributed by atoms with Gasteiger partial charge in [0.15, 0.2) is 0 Å². The van der Waals surface area contributed by atoms with E-state index in [1.807, 2.05) is 0 Å². The zero-order valence-electron chi connectivity index (χ0n) is 14.9. The predicted molar refractivity (Wildman–Crippen MR) is 89.9 cm³/mol. The number of benzene rings is 2. The van der Waals surface area contributed by atoms with Crippen LogP contribution in [-0.2, 0) is 28.3 Å². The number of amides is 1. The molecule has 2 aromatic rings. The maximum Gasteiger partial charge on any atom is 0.416 e. The third-order valence-electron chi connectivity index (χ3n) is 3.96. The van der Waals surface area contributed by atoms with Gasteiger partial charge >= 0.3 is 18.3 Å². The van der Waals surface area contributed by atoms with E-state index in [4.69, 9.17) is 0 Å². The number of rotatable bonds is 5. The summed E-state index contributed by atoms with van der Waals surface area (Å²) in [7, 11) is 1.03. The molecule has 4 nitrogen and oxygen atoms in total. The lowest BCUT2D eigenvalue weighted by Gasteiger charge is -2.18. The lowest BCUT2D eigenvalue weighted by atomic mass is 10.0. The fourth-order valence-corrected chi connectivity index (χ4v) is 2.50. The van der Waals surface area contributed by atoms with E-state index in [0.29, 0.717) is 12.1 Å². The monoisotopic (exact) mass is 419 g/mol. The molecule has 0 fully saturated rings. The summed E-state index contributed by atoms with van der Waals surface area (Å²) in [5.41, 5.74) is -1.92. The molecule has 0 radical (unpaired) electrons. The summed E-state index contributed by atoms with van der Waals surface area (Å²) < 4.78 is 80.9. The summed E-state index contributed by atoms with van der Waals surface area (Å²) in [6, 6.07) is 6.12. The molecule has 1 amide bonds. The van der Waals surface area contributed by atoms with E-state index < -0.39 is 41.4 Å². The Labute approximate surface area is 161 Å². The van der Waals surface area contributed by atoms with Crippen LogP contribution in [0.1, 0.15) is 27.0 Å². The van der Waals surface area contributed by atoms with Crippen LogP contribution in [-0.4, -0.2) is 25.0 Å². The first-order chi connectivity index (χ1) is 13.4. The van der Waals surface area contributed by atoms with Crippen LogP contribution in [0.4, 0.5) is 26.3 Å². The van der Waals surface area contributed by atoms with Crippen LogP contribution in [0.2, 0.25) is 0 Å². The standard InChI is InChI=1S/C19H15F6NO3/c1-29-17(28)15(10-11-3-2-4-14(9-11)19(23,24)25)26-16(27)12-5-7-13(8-6-12)18(20,21)22/h2-9,15H,10H2,1H3,(H,26,27)/t15-/m1/s1. The van der Waals surface area contributed by atoms with Crippen molar-refractivity contribution >= 4 is 11.9 Å². The average Bonchev–Trinajstić information content (AvgIpc) is 2.65. The van der Waals surface area contributed by atoms with E-state index in [1.165, 1.54) is 6.07 Å². The zero-order chi connectivity index (χ0) is 21.8. The number of hydrogen-bond acceptors (Lipinski definition) is 3. The van der Waals surface area contributed by atoms with Gasteiger partial charge in [-0.15, -0.1) is 0 Å². The molecule has 2 rings (SSSR count). The fourth-order valence-electron chi connectivity index (χ4n) is 2.50. The SMILES string of the molecule is COC(=O)[C@@H](Cc1cccc(C(F)(F)F)c1)NC(=O)c1ccc(C(F)(F)F)cc1. The molecule has 0 unspecified atom stereocenters. The molecular formula is C19H15F6NO3. The smallest absolute Gasteiger partial charge is 0.416 e. The second-order valence-corrected chi connectivity index (χ2v) is 6.03. The second-order valence-electron chi connectivity index (χ2n) is 6.03. The topological polar surface area (TPSA) is 55.4 Å². The molecule has 29 heavy (non-hydrogen) atoms. The minimum absolute atomic E-state index is 0.114. The van der Waals surface area contributed by atoms with Crippen LogP contribution < -0.4 is 5.32 Å². The highest BCUT2D eigenvalue weighted by Gasteiger charge is 2.32. The van der Waals surface area contributed by atoms with Gasteiger partial charge in [0.05, 0.1) is 18.2 Å². The number of alkyl halides is 6. The van der Waals surface area contributed by atoms with Crippen molar-refractivity contribution in [2.75, 3.05) is 7.11 Å². The van der Waals surface area contributed by atoms with Crippen LogP contribution in [0.3, 0.4) is 0 Å². The van der Waals surface area contributed by atoms with E-state index in [-0.39, 0.29) is 17.5 Å². The number of nitrogens with one attached hydrogen (secondary N) is 1. The number of ether oxygens (including phenoxy) is 1. The Morgan fingerprint density at radius 1 is 0.931 bits per heavy atom. The van der Waals surface area contributed by atoms with E-state index in [0.717, 1.165) is 37.4 Å². The number of halogens is 6. The first-order valence-electron chi connectivity index (χ1n) is 8.14. The zero-order valence-corrected chi connectivity index (χ0v) is 14.9. The Morgan fingerprint density at radius 3 is 2.03 bits per heavy atom. The highest BCUT2D eigenvalue weighted by atomic mass is 19.4. The summed E-state index contributed by atoms with van der Waals surface area (Å²) in [5, 5.41) is 2.27. The number of carbonyl (C=O) groups excluding carboxylic acids is 2. The lowest BCUT2D eigenvalue weighted by molar-refractivity contribution is -0.142. The Morgan fingerprint density at radius 2 is 1.52 bits per heavy atom. The number of esters is 1. The summed E-state index contributed by atoms with van der Waals surface area (Å²) in [5.74, 6) is -1.79. The van der Waals surface area contributed by atoms with Gasteiger partial charge in [0.25, 0.3) is 5.91 Å². The second kappa shape index (κ2) is 8.54. The molecule has 0 bridgehead atoms. The van der Waals surface area contributed by atoms with Gasteiger partial charge in [-0.1, -0.05) is 18.2 Å². The van der Waals surface area contributed by atoms with Crippen molar-refractivity contribution in [3.05, 3.63) is 70.8 Å². The molecule has 1 N–H and O–H groups in total. The van der Waals surface area contributed by atoms with E-state index in [9.17, 15) is 35.9 Å². The number of carbonyl (C=O) groups is 2. The van der Waals surface area contributed by atoms with Crippen LogP contribution in [0.5, 0.6) is 0 Å². The molecule has 0 saturated heterocycles. The molecule has 10 heteroatoms. The normalized spacial score (nSPS) is 12.9. The molecule has 0 aliphatic heterocycles. The van der Waals surface area contributed by atoms with Gasteiger partial charge in [0, 0.05) is 12.0 Å². The van der Waals surface area contributed by atoms with Gasteiger partial charge in [0.1, 0.15) is 6.04 Å². The van der Waals surface area contributed by atoms with Crippen LogP contribution in [0.15, 0.2) is 48.5 Å². The first-order valence-corrected chi connectivity index (χ1v) is 8.14. The Kier molecular flexibility index (Phi) is 6.55. The van der Waals surface area contributed by atoms with Crippen LogP contribution in [0.25, 0.3) is 0 Å². The van der Waals surface area contributed by atoms with E-state index in [2.05, 4.69) is 10.1 Å². The van der Waals surface area contributed by atoms with Crippen LogP contribution in [0, 0.1) is 0 Å². The third-order valence-corrected chi connectivity index (χ3v) is 3.96. The molecule has 0 aliphatic rings. The van der Waals surface area contributed by atoms with Crippen molar-refractivity contribution in [2.45, 2.75) is 24.8 Å². The van der Waals surface area contributed by atoms with Gasteiger partial charge in [-0.05, 0) is 35.9 Å². The summed E-state index contributed by atoms with van der Waals surface area (Å²) >= 11 is 0. The number of hydrogen-bond donors (Lipinski definition) is 1. The van der Waals surface area contributed by atoms with Crippen molar-refractivity contribution in [2.24, 2.45) is 0 Å². The van der Waals surface area contributed by atoms with Crippen LogP contribution >= 0.6 is 0 Å². The highest BCUT2D eigenvalue weighted by Crippen LogP contribution is 2.30. The Bertz CT molecular complexity index is 875. The molecule has 0 aliphatic carbocycles. The molecule has 2 aromatic carbocycles. The molecular weight excluding hydrogens is 404 g/mol. The average molecular weight is 419 g/mol. The largest absolute Gasteiger partial charge is 0.467 e. The third kappa shape index (κ3) is 5.97. The predicted octanol–water partition coefficient (Wildman–Crippen LogP) is 4.24. The summed E-state index contributed by atoms with van der Waals surface area (Å²) in [6.45, 7) is 0. The Balaban J connectivity index is 2.19. The van der Waals surface area contributed by atoms with Crippen molar-refractivity contribution < 1.29 is 40.7 Å². The summed E-state index contributed by atoms with van der Waals surface area (Å²) in [4.78, 5) is 24.2. The maximum atomic E-state index is 12.8. The van der Waals surface area contributed by atoms with Crippen molar-refractivity contribution in [1.82, 2.24) is 5.32 Å². The van der Waals surface area contributed by atoms with Gasteiger partial charge in [-0.3, -0.25) is 4.79 Å². The number of methoxy groups -OCH3 is 1. The fraction of sp³-hybridized carbons (Fsp3) is 0.263. The molecule has 0 aromatic heterocycles. The molecule has 0 saturated carbocycles. The van der Waals surface area contributed by atoms with Gasteiger partial charge < -0.3 is 10.1 Å².